The monoisotopic (exact) mass is 404 g/mol. The molecule has 0 aliphatic rings. The van der Waals surface area contributed by atoms with Crippen LogP contribution >= 0.6 is 0 Å². The first-order chi connectivity index (χ1) is 13.5. The first kappa shape index (κ1) is 22.5. The maximum absolute atomic E-state index is 13.3. The number of sulfonamides is 1. The molecule has 1 aromatic carbocycles. The highest BCUT2D eigenvalue weighted by Gasteiger charge is 2.27. The summed E-state index contributed by atoms with van der Waals surface area (Å²) in [6, 6.07) is 6.89. The molecule has 0 atom stereocenters. The Morgan fingerprint density at radius 3 is 2.50 bits per heavy atom. The minimum absolute atomic E-state index is 0.00517. The maximum Gasteiger partial charge on any atom is 0.244 e. The molecule has 154 valence electrons. The summed E-state index contributed by atoms with van der Waals surface area (Å²) in [4.78, 5) is 16.7. The van der Waals surface area contributed by atoms with E-state index in [1.165, 1.54) is 23.6 Å². The molecule has 5 nitrogen and oxygen atoms in total. The Kier molecular flexibility index (Phi) is 9.06. The normalized spacial score (nSPS) is 12.0. The van der Waals surface area contributed by atoms with Crippen molar-refractivity contribution in [3.63, 3.8) is 0 Å². The van der Waals surface area contributed by atoms with Gasteiger partial charge in [0.05, 0.1) is 11.4 Å². The summed E-state index contributed by atoms with van der Waals surface area (Å²) in [5, 5.41) is 1.42. The minimum atomic E-state index is -3.74. The third-order valence-electron chi connectivity index (χ3n) is 4.89. The third kappa shape index (κ3) is 6.11. The fourth-order valence-corrected chi connectivity index (χ4v) is 5.10. The molecule has 1 heterocycles. The van der Waals surface area contributed by atoms with Gasteiger partial charge in [-0.15, -0.1) is 0 Å². The Hall–Kier alpha value is -1.79. The summed E-state index contributed by atoms with van der Waals surface area (Å²) in [5.74, 6) is -0.00517. The van der Waals surface area contributed by atoms with Gasteiger partial charge in [-0.2, -0.15) is 4.31 Å². The Balaban J connectivity index is 2.08. The molecule has 0 aliphatic carbocycles. The van der Waals surface area contributed by atoms with E-state index in [0.29, 0.717) is 24.8 Å². The number of hydrogen-bond donors (Lipinski definition) is 0. The summed E-state index contributed by atoms with van der Waals surface area (Å²) >= 11 is 0. The van der Waals surface area contributed by atoms with Gasteiger partial charge in [-0.1, -0.05) is 58.1 Å². The number of ketones is 1. The molecule has 0 radical (unpaired) electrons. The Labute approximate surface area is 169 Å². The van der Waals surface area contributed by atoms with Crippen LogP contribution in [0.25, 0.3) is 10.8 Å². The molecule has 2 rings (SSSR count). The number of aromatic nitrogens is 1. The number of rotatable bonds is 13. The molecular formula is C22H32N2O3S. The zero-order valence-electron chi connectivity index (χ0n) is 17.1. The Morgan fingerprint density at radius 2 is 1.75 bits per heavy atom. The van der Waals surface area contributed by atoms with Gasteiger partial charge >= 0.3 is 0 Å². The average Bonchev–Trinajstić information content (AvgIpc) is 2.69. The number of Topliss-reactive ketones (excluding diaryl/α,β-unsaturated/α-hetero) is 1. The van der Waals surface area contributed by atoms with Crippen molar-refractivity contribution in [3.05, 3.63) is 36.7 Å². The summed E-state index contributed by atoms with van der Waals surface area (Å²) in [7, 11) is -3.74. The van der Waals surface area contributed by atoms with Crippen molar-refractivity contribution in [2.24, 2.45) is 0 Å². The number of carbonyl (C=O) groups excluding carboxylic acids is 1. The molecule has 6 heteroatoms. The molecule has 0 bridgehead atoms. The molecule has 0 aliphatic heterocycles. The van der Waals surface area contributed by atoms with Crippen LogP contribution in [0.1, 0.15) is 65.2 Å². The quantitative estimate of drug-likeness (QED) is 0.443. The fraction of sp³-hybridized carbons (Fsp3) is 0.545. The zero-order valence-corrected chi connectivity index (χ0v) is 17.9. The third-order valence-corrected chi connectivity index (χ3v) is 6.80. The largest absolute Gasteiger partial charge is 0.298 e. The van der Waals surface area contributed by atoms with Crippen molar-refractivity contribution in [3.8, 4) is 0 Å². The van der Waals surface area contributed by atoms with Gasteiger partial charge in [-0.3, -0.25) is 9.78 Å². The van der Waals surface area contributed by atoms with Gasteiger partial charge in [0, 0.05) is 36.1 Å². The van der Waals surface area contributed by atoms with Crippen LogP contribution in [0.2, 0.25) is 0 Å². The van der Waals surface area contributed by atoms with E-state index in [9.17, 15) is 13.2 Å². The summed E-state index contributed by atoms with van der Waals surface area (Å²) < 4.78 is 27.9. The van der Waals surface area contributed by atoms with E-state index >= 15 is 0 Å². The fourth-order valence-electron chi connectivity index (χ4n) is 3.37. The number of nitrogens with zero attached hydrogens (tertiary/aromatic N) is 2. The number of carbonyl (C=O) groups is 1. The van der Waals surface area contributed by atoms with Crippen LogP contribution in [-0.2, 0) is 14.8 Å². The van der Waals surface area contributed by atoms with Crippen LogP contribution in [0.3, 0.4) is 0 Å². The lowest BCUT2D eigenvalue weighted by molar-refractivity contribution is -0.119. The van der Waals surface area contributed by atoms with Crippen molar-refractivity contribution in [2.45, 2.75) is 70.1 Å². The zero-order chi connectivity index (χ0) is 20.4. The maximum atomic E-state index is 13.3. The molecule has 0 saturated carbocycles. The standard InChI is InChI=1S/C22H32N2O3S/c1-3-5-6-7-8-9-12-20(25)18-24(16-4-2)28(26,27)22-13-10-11-19-17-23-15-14-21(19)22/h10-11,13-15,17H,3-9,12,16,18H2,1-2H3. The topological polar surface area (TPSA) is 67.3 Å². The predicted octanol–water partition coefficient (Wildman–Crippen LogP) is 4.96. The van der Waals surface area contributed by atoms with Gasteiger partial charge in [0.2, 0.25) is 10.0 Å². The van der Waals surface area contributed by atoms with Gasteiger partial charge in [-0.25, -0.2) is 8.42 Å². The van der Waals surface area contributed by atoms with Crippen LogP contribution in [0, 0.1) is 0 Å². The van der Waals surface area contributed by atoms with Crippen molar-refractivity contribution < 1.29 is 13.2 Å². The van der Waals surface area contributed by atoms with E-state index < -0.39 is 10.0 Å². The molecule has 1 aromatic heterocycles. The van der Waals surface area contributed by atoms with Gasteiger partial charge in [0.25, 0.3) is 0 Å². The van der Waals surface area contributed by atoms with Crippen LogP contribution < -0.4 is 0 Å². The SMILES string of the molecule is CCCCCCCCC(=O)CN(CCC)S(=O)(=O)c1cccc2cnccc12. The molecule has 2 aromatic rings. The Bertz CT molecular complexity index is 860. The van der Waals surface area contributed by atoms with Crippen molar-refractivity contribution in [2.75, 3.05) is 13.1 Å². The molecule has 28 heavy (non-hydrogen) atoms. The van der Waals surface area contributed by atoms with Crippen LogP contribution in [0.15, 0.2) is 41.6 Å². The lowest BCUT2D eigenvalue weighted by Gasteiger charge is -2.22. The minimum Gasteiger partial charge on any atom is -0.298 e. The molecule has 0 spiro atoms. The van der Waals surface area contributed by atoms with Crippen LogP contribution in [0.5, 0.6) is 0 Å². The van der Waals surface area contributed by atoms with Crippen LogP contribution in [-0.4, -0.2) is 36.6 Å². The number of unbranched alkanes of at least 4 members (excludes halogenated alkanes) is 5. The van der Waals surface area contributed by atoms with E-state index in [2.05, 4.69) is 11.9 Å². The summed E-state index contributed by atoms with van der Waals surface area (Å²) in [6.07, 6.45) is 11.0. The van der Waals surface area contributed by atoms with Crippen molar-refractivity contribution in [1.29, 1.82) is 0 Å². The van der Waals surface area contributed by atoms with Crippen LogP contribution in [0.4, 0.5) is 0 Å². The molecule has 0 unspecified atom stereocenters. The highest BCUT2D eigenvalue weighted by molar-refractivity contribution is 7.89. The Morgan fingerprint density at radius 1 is 1.00 bits per heavy atom. The second-order valence-electron chi connectivity index (χ2n) is 7.25. The molecule has 0 fully saturated rings. The van der Waals surface area contributed by atoms with E-state index in [1.54, 1.807) is 30.6 Å². The van der Waals surface area contributed by atoms with E-state index in [4.69, 9.17) is 0 Å². The average molecular weight is 405 g/mol. The van der Waals surface area contributed by atoms with E-state index in [0.717, 1.165) is 24.6 Å². The van der Waals surface area contributed by atoms with E-state index in [-0.39, 0.29) is 17.2 Å². The first-order valence-electron chi connectivity index (χ1n) is 10.3. The number of benzene rings is 1. The highest BCUT2D eigenvalue weighted by Crippen LogP contribution is 2.25. The number of pyridine rings is 1. The first-order valence-corrected chi connectivity index (χ1v) is 11.8. The molecular weight excluding hydrogens is 372 g/mol. The van der Waals surface area contributed by atoms with Gasteiger partial charge in [0.15, 0.2) is 0 Å². The molecule has 0 N–H and O–H groups in total. The second-order valence-corrected chi connectivity index (χ2v) is 9.15. The predicted molar refractivity (Wildman–Crippen MR) is 114 cm³/mol. The summed E-state index contributed by atoms with van der Waals surface area (Å²) in [6.45, 7) is 4.39. The van der Waals surface area contributed by atoms with E-state index in [1.807, 2.05) is 13.0 Å². The smallest absolute Gasteiger partial charge is 0.244 e. The highest BCUT2D eigenvalue weighted by atomic mass is 32.2. The van der Waals surface area contributed by atoms with Crippen molar-refractivity contribution >= 4 is 26.6 Å². The lowest BCUT2D eigenvalue weighted by Crippen LogP contribution is -2.36. The number of fused-ring (bicyclic) bond motifs is 1. The molecule has 0 amide bonds. The summed E-state index contributed by atoms with van der Waals surface area (Å²) in [5.41, 5.74) is 0. The van der Waals surface area contributed by atoms with Crippen molar-refractivity contribution in [1.82, 2.24) is 9.29 Å². The molecule has 0 saturated heterocycles. The van der Waals surface area contributed by atoms with Gasteiger partial charge in [-0.05, 0) is 25.0 Å². The van der Waals surface area contributed by atoms with Gasteiger partial charge < -0.3 is 0 Å². The van der Waals surface area contributed by atoms with Gasteiger partial charge in [0.1, 0.15) is 5.78 Å². The lowest BCUT2D eigenvalue weighted by atomic mass is 10.1. The second kappa shape index (κ2) is 11.3. The number of hydrogen-bond acceptors (Lipinski definition) is 4.